The monoisotopic (exact) mass is 328 g/mol. The van der Waals surface area contributed by atoms with Crippen LogP contribution in [0.4, 0.5) is 10.5 Å². The van der Waals surface area contributed by atoms with Gasteiger partial charge in [0.2, 0.25) is 0 Å². The highest BCUT2D eigenvalue weighted by molar-refractivity contribution is 7.91. The first-order valence-corrected chi connectivity index (χ1v) is 8.68. The molecule has 0 aliphatic rings. The molecule has 0 spiro atoms. The maximum absolute atomic E-state index is 11.7. The van der Waals surface area contributed by atoms with Crippen LogP contribution in [-0.2, 0) is 9.84 Å². The number of aliphatic hydroxyl groups excluding tert-OH is 1. The molecule has 2 N–H and O–H groups in total. The summed E-state index contributed by atoms with van der Waals surface area (Å²) in [6.07, 6.45) is -1.02. The summed E-state index contributed by atoms with van der Waals surface area (Å²) in [7, 11) is -3.39. The van der Waals surface area contributed by atoms with Crippen molar-refractivity contribution in [2.45, 2.75) is 25.8 Å². The van der Waals surface area contributed by atoms with Crippen molar-refractivity contribution in [3.63, 3.8) is 0 Å². The number of aliphatic hydroxyl groups is 1. The van der Waals surface area contributed by atoms with E-state index < -0.39 is 28.1 Å². The predicted molar refractivity (Wildman–Crippen MR) is 85.8 cm³/mol. The molecule has 0 fully saturated rings. The Labute approximate surface area is 131 Å². The van der Waals surface area contributed by atoms with E-state index in [1.54, 1.807) is 38.1 Å². The van der Waals surface area contributed by atoms with E-state index >= 15 is 0 Å². The molecule has 0 saturated carbocycles. The number of rotatable bonds is 7. The van der Waals surface area contributed by atoms with Crippen molar-refractivity contribution >= 4 is 21.6 Å². The van der Waals surface area contributed by atoms with E-state index in [-0.39, 0.29) is 17.9 Å². The fraction of sp³-hybridized carbons (Fsp3) is 0.467. The van der Waals surface area contributed by atoms with Gasteiger partial charge in [-0.25, -0.2) is 13.2 Å². The lowest BCUT2D eigenvalue weighted by Crippen LogP contribution is -2.48. The van der Waals surface area contributed by atoms with Gasteiger partial charge in [-0.05, 0) is 44.9 Å². The molecule has 0 atom stereocenters. The molecule has 1 aromatic carbocycles. The van der Waals surface area contributed by atoms with Crippen molar-refractivity contribution in [2.75, 3.05) is 23.0 Å². The molecule has 1 rings (SSSR count). The number of nitrogens with zero attached hydrogens (tertiary/aromatic N) is 1. The Bertz CT molecular complexity index is 607. The molecule has 0 heterocycles. The van der Waals surface area contributed by atoms with Gasteiger partial charge in [-0.2, -0.15) is 0 Å². The van der Waals surface area contributed by atoms with Crippen molar-refractivity contribution in [2.24, 2.45) is 0 Å². The smallest absolute Gasteiger partial charge is 0.412 e. The molecule has 22 heavy (non-hydrogen) atoms. The molecule has 123 valence electrons. The second-order valence-corrected chi connectivity index (χ2v) is 8.03. The highest BCUT2D eigenvalue weighted by Crippen LogP contribution is 2.27. The van der Waals surface area contributed by atoms with E-state index in [0.717, 1.165) is 10.5 Å². The summed E-state index contributed by atoms with van der Waals surface area (Å²) in [5.41, 5.74) is 0.318. The average molecular weight is 328 g/mol. The van der Waals surface area contributed by atoms with Crippen LogP contribution < -0.4 is 4.90 Å². The fourth-order valence-electron chi connectivity index (χ4n) is 2.12. The van der Waals surface area contributed by atoms with Crippen LogP contribution in [0, 0.1) is 6.92 Å². The molecule has 0 unspecified atom stereocenters. The minimum atomic E-state index is -3.39. The maximum atomic E-state index is 11.7. The third-order valence-corrected chi connectivity index (χ3v) is 5.05. The largest absolute Gasteiger partial charge is 0.465 e. The van der Waals surface area contributed by atoms with Crippen molar-refractivity contribution < 1.29 is 23.4 Å². The van der Waals surface area contributed by atoms with Gasteiger partial charge in [0.05, 0.1) is 18.1 Å². The van der Waals surface area contributed by atoms with Gasteiger partial charge in [0.1, 0.15) is 0 Å². The zero-order valence-corrected chi connectivity index (χ0v) is 13.6. The molecule has 1 aromatic rings. The van der Waals surface area contributed by atoms with Crippen LogP contribution >= 0.6 is 0 Å². The first kappa shape index (κ1) is 18.4. The summed E-state index contributed by atoms with van der Waals surface area (Å²) in [4.78, 5) is 12.8. The summed E-state index contributed by atoms with van der Waals surface area (Å²) in [6, 6.07) is 6.68. The van der Waals surface area contributed by atoms with Gasteiger partial charge in [-0.3, -0.25) is 4.90 Å². The summed E-state index contributed by atoms with van der Waals surface area (Å²) >= 11 is 0. The molecule has 0 bridgehead atoms. The van der Waals surface area contributed by atoms with Crippen LogP contribution in [-0.4, -0.2) is 48.4 Å². The van der Waals surface area contributed by atoms with Gasteiger partial charge in [0, 0.05) is 11.2 Å². The number of hydrogen-bond donors (Lipinski definition) is 2. The van der Waals surface area contributed by atoms with Gasteiger partial charge in [0.15, 0.2) is 9.84 Å². The van der Waals surface area contributed by atoms with E-state index in [1.165, 1.54) is 0 Å². The second-order valence-electron chi connectivity index (χ2n) is 5.72. The van der Waals surface area contributed by atoms with Crippen molar-refractivity contribution in [1.82, 2.24) is 0 Å². The Morgan fingerprint density at radius 3 is 2.23 bits per heavy atom. The SMILES string of the molecule is [CH2]c1ccc(N(C(=O)O)C(C)(C)CCS(=O)(=O)CCO)cc1. The van der Waals surface area contributed by atoms with Gasteiger partial charge in [-0.15, -0.1) is 0 Å². The first-order chi connectivity index (χ1) is 10.1. The van der Waals surface area contributed by atoms with E-state index in [0.29, 0.717) is 5.69 Å². The molecule has 1 amide bonds. The van der Waals surface area contributed by atoms with Crippen LogP contribution in [0.15, 0.2) is 24.3 Å². The molecular weight excluding hydrogens is 306 g/mol. The molecule has 0 aliphatic carbocycles. The van der Waals surface area contributed by atoms with E-state index in [9.17, 15) is 18.3 Å². The van der Waals surface area contributed by atoms with Crippen molar-refractivity contribution in [3.05, 3.63) is 36.8 Å². The van der Waals surface area contributed by atoms with Gasteiger partial charge >= 0.3 is 6.09 Å². The van der Waals surface area contributed by atoms with Crippen LogP contribution in [0.25, 0.3) is 0 Å². The van der Waals surface area contributed by atoms with Crippen LogP contribution in [0.1, 0.15) is 25.8 Å². The quantitative estimate of drug-likeness (QED) is 0.797. The minimum Gasteiger partial charge on any atom is -0.465 e. The number of benzene rings is 1. The van der Waals surface area contributed by atoms with Gasteiger partial charge in [0.25, 0.3) is 0 Å². The minimum absolute atomic E-state index is 0.133. The number of carbonyl (C=O) groups is 1. The van der Waals surface area contributed by atoms with Crippen LogP contribution in [0.2, 0.25) is 0 Å². The fourth-order valence-corrected chi connectivity index (χ4v) is 3.41. The molecule has 0 aliphatic heterocycles. The Morgan fingerprint density at radius 2 is 1.77 bits per heavy atom. The predicted octanol–water partition coefficient (Wildman–Crippen LogP) is 1.93. The molecule has 0 aromatic heterocycles. The molecule has 1 radical (unpaired) electrons. The molecule has 6 nitrogen and oxygen atoms in total. The molecule has 0 saturated heterocycles. The maximum Gasteiger partial charge on any atom is 0.412 e. The first-order valence-electron chi connectivity index (χ1n) is 6.85. The normalized spacial score (nSPS) is 12.2. The number of hydrogen-bond acceptors (Lipinski definition) is 4. The highest BCUT2D eigenvalue weighted by Gasteiger charge is 2.33. The number of anilines is 1. The van der Waals surface area contributed by atoms with E-state index in [1.807, 2.05) is 0 Å². The highest BCUT2D eigenvalue weighted by atomic mass is 32.2. The van der Waals surface area contributed by atoms with E-state index in [2.05, 4.69) is 6.92 Å². The molecule has 7 heteroatoms. The van der Waals surface area contributed by atoms with Gasteiger partial charge in [-0.1, -0.05) is 12.1 Å². The van der Waals surface area contributed by atoms with Crippen molar-refractivity contribution in [1.29, 1.82) is 0 Å². The number of amides is 1. The number of sulfone groups is 1. The number of carboxylic acid groups (broad SMARTS) is 1. The third kappa shape index (κ3) is 4.99. The topological polar surface area (TPSA) is 94.9 Å². The zero-order valence-electron chi connectivity index (χ0n) is 12.8. The lowest BCUT2D eigenvalue weighted by molar-refractivity contribution is 0.194. The Morgan fingerprint density at radius 1 is 1.23 bits per heavy atom. The third-order valence-electron chi connectivity index (χ3n) is 3.42. The Balaban J connectivity index is 2.99. The lowest BCUT2D eigenvalue weighted by Gasteiger charge is -2.36. The average Bonchev–Trinajstić information content (AvgIpc) is 2.39. The lowest BCUT2D eigenvalue weighted by atomic mass is 9.98. The van der Waals surface area contributed by atoms with E-state index in [4.69, 9.17) is 5.11 Å². The van der Waals surface area contributed by atoms with Crippen LogP contribution in [0.5, 0.6) is 0 Å². The van der Waals surface area contributed by atoms with Crippen molar-refractivity contribution in [3.8, 4) is 0 Å². The summed E-state index contributed by atoms with van der Waals surface area (Å²) in [6.45, 7) is 6.66. The van der Waals surface area contributed by atoms with Gasteiger partial charge < -0.3 is 10.2 Å². The second kappa shape index (κ2) is 7.11. The molecular formula is C15H22NO5S. The summed E-state index contributed by atoms with van der Waals surface area (Å²) in [5.74, 6) is -0.496. The Hall–Kier alpha value is -1.60. The standard InChI is InChI=1S/C15H22NO5S/c1-12-4-6-13(7-5-12)16(14(18)19)15(2,3)8-10-22(20,21)11-9-17/h4-7,17H,1,8-11H2,2-3H3,(H,18,19). The van der Waals surface area contributed by atoms with Crippen LogP contribution in [0.3, 0.4) is 0 Å². The zero-order chi connectivity index (χ0) is 17.0. The summed E-state index contributed by atoms with van der Waals surface area (Å²) < 4.78 is 23.4. The Kier molecular flexibility index (Phi) is 5.96. The summed E-state index contributed by atoms with van der Waals surface area (Å²) in [5, 5.41) is 18.2.